The van der Waals surface area contributed by atoms with Gasteiger partial charge in [0.2, 0.25) is 11.8 Å². The first kappa shape index (κ1) is 24.7. The van der Waals surface area contributed by atoms with Crippen LogP contribution in [0.25, 0.3) is 10.9 Å². The number of para-hydroxylation sites is 1. The summed E-state index contributed by atoms with van der Waals surface area (Å²) in [6, 6.07) is 13.8. The van der Waals surface area contributed by atoms with E-state index in [9.17, 15) is 14.4 Å². The van der Waals surface area contributed by atoms with Gasteiger partial charge in [-0.3, -0.25) is 14.4 Å². The second-order valence-corrected chi connectivity index (χ2v) is 10.7. The average Bonchev–Trinajstić information content (AvgIpc) is 3.66. The van der Waals surface area contributed by atoms with E-state index in [0.29, 0.717) is 18.5 Å². The van der Waals surface area contributed by atoms with Gasteiger partial charge in [0.1, 0.15) is 12.1 Å². The Morgan fingerprint density at radius 2 is 1.95 bits per heavy atom. The van der Waals surface area contributed by atoms with Crippen LogP contribution in [0.1, 0.15) is 66.3 Å². The largest absolute Gasteiger partial charge is 0.376 e. The van der Waals surface area contributed by atoms with Crippen molar-refractivity contribution in [2.45, 2.75) is 63.8 Å². The Bertz CT molecular complexity index is 1390. The molecule has 0 spiro atoms. The number of H-pyrrole nitrogens is 1. The highest BCUT2D eigenvalue weighted by Crippen LogP contribution is 2.46. The molecule has 0 bridgehead atoms. The van der Waals surface area contributed by atoms with Crippen molar-refractivity contribution in [2.24, 2.45) is 5.92 Å². The summed E-state index contributed by atoms with van der Waals surface area (Å²) in [5.74, 6) is -0.736. The van der Waals surface area contributed by atoms with Gasteiger partial charge in [-0.15, -0.1) is 0 Å². The van der Waals surface area contributed by atoms with Gasteiger partial charge in [0, 0.05) is 41.7 Å². The van der Waals surface area contributed by atoms with Gasteiger partial charge in [-0.25, -0.2) is 0 Å². The number of nitrogens with one attached hydrogen (secondary N) is 3. The molecule has 2 aromatic carbocycles. The number of aromatic amines is 1. The first-order valence-electron chi connectivity index (χ1n) is 13.7. The minimum atomic E-state index is -0.732. The van der Waals surface area contributed by atoms with Crippen LogP contribution in [0.15, 0.2) is 48.5 Å². The van der Waals surface area contributed by atoms with Crippen molar-refractivity contribution >= 4 is 28.6 Å². The van der Waals surface area contributed by atoms with Crippen LogP contribution < -0.4 is 10.6 Å². The Labute approximate surface area is 222 Å². The van der Waals surface area contributed by atoms with Gasteiger partial charge in [-0.05, 0) is 42.0 Å². The fourth-order valence-corrected chi connectivity index (χ4v) is 6.22. The monoisotopic (exact) mass is 514 g/mol. The number of benzene rings is 2. The van der Waals surface area contributed by atoms with E-state index in [0.717, 1.165) is 53.6 Å². The fourth-order valence-electron chi connectivity index (χ4n) is 6.22. The first-order chi connectivity index (χ1) is 18.5. The lowest BCUT2D eigenvalue weighted by Crippen LogP contribution is -2.58. The van der Waals surface area contributed by atoms with Crippen LogP contribution in [0.2, 0.25) is 0 Å². The Morgan fingerprint density at radius 3 is 2.74 bits per heavy atom. The standard InChI is InChI=1S/C30H34N4O4/c1-3-17(2)25(29(36)31-16-18-9-8-14-38-18)33-28(35)24-15-22-19-10-6-7-13-23(19)32-26(22)27-20-11-4-5-12-21(20)30(37)34(24)27/h4-7,10-13,17-18,24-25,27,32H,3,8-9,14-16H2,1-2H3,(H,31,36)(H,33,35)/t17?,18?,24-,25-,27?/m0/s1. The summed E-state index contributed by atoms with van der Waals surface area (Å²) in [4.78, 5) is 46.1. The van der Waals surface area contributed by atoms with Crippen molar-refractivity contribution in [3.8, 4) is 0 Å². The lowest BCUT2D eigenvalue weighted by Gasteiger charge is -2.38. The third-order valence-electron chi connectivity index (χ3n) is 8.48. The molecule has 6 rings (SSSR count). The number of nitrogens with zero attached hydrogens (tertiary/aromatic N) is 1. The van der Waals surface area contributed by atoms with Crippen molar-refractivity contribution < 1.29 is 19.1 Å². The number of hydrogen-bond acceptors (Lipinski definition) is 4. The topological polar surface area (TPSA) is 104 Å². The molecule has 5 atom stereocenters. The number of carbonyl (C=O) groups is 3. The number of amides is 3. The third kappa shape index (κ3) is 4.07. The molecule has 3 aromatic rings. The van der Waals surface area contributed by atoms with Crippen molar-refractivity contribution in [2.75, 3.05) is 13.2 Å². The second-order valence-electron chi connectivity index (χ2n) is 10.7. The SMILES string of the molecule is CCC(C)[C@H](NC(=O)[C@@H]1Cc2c([nH]c3ccccc23)C2c3ccccc3C(=O)N21)C(=O)NCC1CCCO1. The molecule has 1 fully saturated rings. The summed E-state index contributed by atoms with van der Waals surface area (Å²) in [7, 11) is 0. The zero-order valence-electron chi connectivity index (χ0n) is 21.8. The van der Waals surface area contributed by atoms with Crippen LogP contribution in [-0.2, 0) is 20.7 Å². The van der Waals surface area contributed by atoms with Crippen LogP contribution in [0, 0.1) is 5.92 Å². The molecule has 0 radical (unpaired) electrons. The normalized spacial score (nSPS) is 23.5. The predicted molar refractivity (Wildman–Crippen MR) is 144 cm³/mol. The number of carbonyl (C=O) groups excluding carboxylic acids is 3. The molecule has 3 unspecified atom stereocenters. The maximum Gasteiger partial charge on any atom is 0.255 e. The van der Waals surface area contributed by atoms with E-state index in [2.05, 4.69) is 21.7 Å². The molecular formula is C30H34N4O4. The van der Waals surface area contributed by atoms with Crippen molar-refractivity contribution in [3.05, 3.63) is 70.9 Å². The highest BCUT2D eigenvalue weighted by atomic mass is 16.5. The smallest absolute Gasteiger partial charge is 0.255 e. The highest BCUT2D eigenvalue weighted by molar-refractivity contribution is 6.04. The number of hydrogen-bond donors (Lipinski definition) is 3. The van der Waals surface area contributed by atoms with Gasteiger partial charge < -0.3 is 25.3 Å². The molecule has 8 heteroatoms. The molecular weight excluding hydrogens is 480 g/mol. The lowest BCUT2D eigenvalue weighted by atomic mass is 9.89. The van der Waals surface area contributed by atoms with E-state index in [1.807, 2.05) is 56.3 Å². The molecule has 3 aliphatic rings. The van der Waals surface area contributed by atoms with E-state index in [-0.39, 0.29) is 35.8 Å². The molecule has 3 aliphatic heterocycles. The fraction of sp³-hybridized carbons (Fsp3) is 0.433. The molecule has 3 amide bonds. The van der Waals surface area contributed by atoms with E-state index in [1.165, 1.54) is 0 Å². The van der Waals surface area contributed by atoms with E-state index < -0.39 is 12.1 Å². The molecule has 3 N–H and O–H groups in total. The van der Waals surface area contributed by atoms with Gasteiger partial charge in [0.05, 0.1) is 12.1 Å². The molecule has 1 aromatic heterocycles. The van der Waals surface area contributed by atoms with Crippen LogP contribution in [0.5, 0.6) is 0 Å². The summed E-state index contributed by atoms with van der Waals surface area (Å²) < 4.78 is 5.65. The Morgan fingerprint density at radius 1 is 1.16 bits per heavy atom. The third-order valence-corrected chi connectivity index (χ3v) is 8.48. The molecule has 4 heterocycles. The molecule has 38 heavy (non-hydrogen) atoms. The van der Waals surface area contributed by atoms with Crippen molar-refractivity contribution in [3.63, 3.8) is 0 Å². The molecule has 0 aliphatic carbocycles. The van der Waals surface area contributed by atoms with Crippen LogP contribution in [-0.4, -0.2) is 58.9 Å². The second kappa shape index (κ2) is 9.91. The Balaban J connectivity index is 1.32. The molecule has 0 saturated carbocycles. The maximum absolute atomic E-state index is 14.0. The Kier molecular flexibility index (Phi) is 6.43. The summed E-state index contributed by atoms with van der Waals surface area (Å²) in [6.07, 6.45) is 3.05. The van der Waals surface area contributed by atoms with Crippen LogP contribution in [0.3, 0.4) is 0 Å². The summed E-state index contributed by atoms with van der Waals surface area (Å²) in [5.41, 5.74) is 4.52. The minimum Gasteiger partial charge on any atom is -0.376 e. The van der Waals surface area contributed by atoms with Gasteiger partial charge in [0.25, 0.3) is 5.91 Å². The number of rotatable bonds is 7. The maximum atomic E-state index is 14.0. The lowest BCUT2D eigenvalue weighted by molar-refractivity contribution is -0.133. The number of ether oxygens (including phenoxy) is 1. The van der Waals surface area contributed by atoms with Crippen molar-refractivity contribution in [1.29, 1.82) is 0 Å². The summed E-state index contributed by atoms with van der Waals surface area (Å²) in [6.45, 7) is 5.13. The van der Waals surface area contributed by atoms with Gasteiger partial charge in [-0.1, -0.05) is 56.7 Å². The quantitative estimate of drug-likeness (QED) is 0.449. The summed E-state index contributed by atoms with van der Waals surface area (Å²) in [5, 5.41) is 7.10. The van der Waals surface area contributed by atoms with E-state index in [4.69, 9.17) is 4.74 Å². The summed E-state index contributed by atoms with van der Waals surface area (Å²) >= 11 is 0. The molecule has 1 saturated heterocycles. The van der Waals surface area contributed by atoms with E-state index in [1.54, 1.807) is 4.90 Å². The van der Waals surface area contributed by atoms with Gasteiger partial charge >= 0.3 is 0 Å². The first-order valence-corrected chi connectivity index (χ1v) is 13.7. The van der Waals surface area contributed by atoms with E-state index >= 15 is 0 Å². The van der Waals surface area contributed by atoms with Crippen LogP contribution in [0.4, 0.5) is 0 Å². The van der Waals surface area contributed by atoms with Gasteiger partial charge in [0.15, 0.2) is 0 Å². The molecule has 8 nitrogen and oxygen atoms in total. The number of fused-ring (bicyclic) bond motifs is 7. The van der Waals surface area contributed by atoms with Crippen LogP contribution >= 0.6 is 0 Å². The van der Waals surface area contributed by atoms with Gasteiger partial charge in [-0.2, -0.15) is 0 Å². The number of aromatic nitrogens is 1. The molecule has 198 valence electrons. The highest BCUT2D eigenvalue weighted by Gasteiger charge is 2.49. The Hall–Kier alpha value is -3.65. The zero-order valence-corrected chi connectivity index (χ0v) is 21.8. The predicted octanol–water partition coefficient (Wildman–Crippen LogP) is 3.46. The minimum absolute atomic E-state index is 0.0207. The zero-order chi connectivity index (χ0) is 26.4. The average molecular weight is 515 g/mol. The van der Waals surface area contributed by atoms with Crippen molar-refractivity contribution in [1.82, 2.24) is 20.5 Å².